The topological polar surface area (TPSA) is 62.9 Å². The van der Waals surface area contributed by atoms with Gasteiger partial charge in [-0.2, -0.15) is 0 Å². The molecule has 2 aromatic rings. The van der Waals surface area contributed by atoms with Crippen LogP contribution in [-0.4, -0.2) is 41.8 Å². The third-order valence-corrected chi connectivity index (χ3v) is 4.02. The molecule has 2 heterocycles. The fraction of sp³-hybridized carbons (Fsp3) is 0.444. The number of hydrogen-bond acceptors (Lipinski definition) is 4. The second-order valence-corrected chi connectivity index (χ2v) is 6.05. The van der Waals surface area contributed by atoms with Gasteiger partial charge in [0.05, 0.1) is 19.2 Å². The maximum Gasteiger partial charge on any atom is 0.194 e. The molecule has 0 bridgehead atoms. The quantitative estimate of drug-likeness (QED) is 0.419. The molecular formula is C18H24FIN4O2. The van der Waals surface area contributed by atoms with Crippen LogP contribution in [-0.2, 0) is 11.3 Å². The molecule has 142 valence electrons. The molecule has 1 saturated heterocycles. The van der Waals surface area contributed by atoms with Crippen molar-refractivity contribution < 1.29 is 13.7 Å². The van der Waals surface area contributed by atoms with Crippen LogP contribution in [0.1, 0.15) is 31.2 Å². The second-order valence-electron chi connectivity index (χ2n) is 6.05. The van der Waals surface area contributed by atoms with E-state index in [2.05, 4.69) is 20.4 Å². The summed E-state index contributed by atoms with van der Waals surface area (Å²) in [5, 5.41) is 7.21. The fourth-order valence-corrected chi connectivity index (χ4v) is 2.89. The average Bonchev–Trinajstić information content (AvgIpc) is 3.12. The summed E-state index contributed by atoms with van der Waals surface area (Å²) in [5.41, 5.74) is 1.75. The van der Waals surface area contributed by atoms with Crippen molar-refractivity contribution in [1.82, 2.24) is 15.4 Å². The first-order chi connectivity index (χ1) is 12.2. The molecule has 1 aliphatic rings. The number of nitrogens with one attached hydrogen (secondary N) is 1. The van der Waals surface area contributed by atoms with E-state index in [1.807, 2.05) is 13.8 Å². The monoisotopic (exact) mass is 474 g/mol. The highest BCUT2D eigenvalue weighted by molar-refractivity contribution is 14.0. The number of benzene rings is 1. The van der Waals surface area contributed by atoms with E-state index in [4.69, 9.17) is 9.26 Å². The van der Waals surface area contributed by atoms with Crippen molar-refractivity contribution in [3.05, 3.63) is 53.7 Å². The van der Waals surface area contributed by atoms with Crippen LogP contribution in [0.4, 0.5) is 4.39 Å². The Morgan fingerprint density at radius 1 is 1.31 bits per heavy atom. The number of ether oxygens (including phenoxy) is 1. The van der Waals surface area contributed by atoms with Crippen molar-refractivity contribution in [1.29, 1.82) is 0 Å². The first-order valence-corrected chi connectivity index (χ1v) is 8.49. The van der Waals surface area contributed by atoms with Crippen molar-refractivity contribution in [3.8, 4) is 0 Å². The van der Waals surface area contributed by atoms with Crippen molar-refractivity contribution >= 4 is 29.9 Å². The van der Waals surface area contributed by atoms with Gasteiger partial charge in [0.2, 0.25) is 0 Å². The average molecular weight is 474 g/mol. The maximum absolute atomic E-state index is 13.2. The first-order valence-electron chi connectivity index (χ1n) is 8.49. The number of aliphatic imine (C=N–C) groups is 1. The lowest BCUT2D eigenvalue weighted by Gasteiger charge is -2.38. The van der Waals surface area contributed by atoms with Gasteiger partial charge in [-0.25, -0.2) is 9.38 Å². The summed E-state index contributed by atoms with van der Waals surface area (Å²) < 4.78 is 24.1. The standard InChI is InChI=1S/C18H23FN4O2.HI/c1-3-20-18(21-10-16-8-9-24-22-16)23-11-13(2)25-17(12-23)14-4-6-15(19)7-5-14;/h4-9,13,17H,3,10-12H2,1-2H3,(H,20,21);1H. The Bertz CT molecular complexity index is 694. The first kappa shape index (κ1) is 20.6. The molecule has 2 unspecified atom stereocenters. The van der Waals surface area contributed by atoms with E-state index in [0.717, 1.165) is 30.3 Å². The molecule has 1 aromatic heterocycles. The predicted molar refractivity (Wildman–Crippen MR) is 108 cm³/mol. The molecule has 0 amide bonds. The van der Waals surface area contributed by atoms with Crippen molar-refractivity contribution in [2.24, 2.45) is 4.99 Å². The molecule has 0 aliphatic carbocycles. The Hall–Kier alpha value is -1.68. The number of halogens is 2. The second kappa shape index (κ2) is 9.86. The predicted octanol–water partition coefficient (Wildman–Crippen LogP) is 3.36. The normalized spacial score (nSPS) is 20.6. The van der Waals surface area contributed by atoms with E-state index in [-0.39, 0.29) is 42.0 Å². The SMILES string of the molecule is CCNC(=NCc1ccon1)N1CC(C)OC(c2ccc(F)cc2)C1.I. The zero-order valence-corrected chi connectivity index (χ0v) is 17.2. The molecule has 3 rings (SSSR count). The van der Waals surface area contributed by atoms with Crippen LogP contribution in [0.2, 0.25) is 0 Å². The lowest BCUT2D eigenvalue weighted by atomic mass is 10.1. The largest absolute Gasteiger partial charge is 0.367 e. The Kier molecular flexibility index (Phi) is 7.83. The summed E-state index contributed by atoms with van der Waals surface area (Å²) in [4.78, 5) is 6.82. The molecule has 1 fully saturated rings. The van der Waals surface area contributed by atoms with Crippen LogP contribution in [0.15, 0.2) is 46.1 Å². The Labute approximate surface area is 169 Å². The van der Waals surface area contributed by atoms with Gasteiger partial charge in [0, 0.05) is 19.2 Å². The van der Waals surface area contributed by atoms with Gasteiger partial charge in [-0.15, -0.1) is 24.0 Å². The van der Waals surface area contributed by atoms with Crippen LogP contribution in [0.5, 0.6) is 0 Å². The zero-order valence-electron chi connectivity index (χ0n) is 14.9. The number of guanidine groups is 1. The molecular weight excluding hydrogens is 450 g/mol. The maximum atomic E-state index is 13.2. The van der Waals surface area contributed by atoms with Crippen LogP contribution < -0.4 is 5.32 Å². The molecule has 26 heavy (non-hydrogen) atoms. The molecule has 0 spiro atoms. The van der Waals surface area contributed by atoms with Gasteiger partial charge in [-0.05, 0) is 31.5 Å². The van der Waals surface area contributed by atoms with E-state index in [9.17, 15) is 4.39 Å². The molecule has 0 saturated carbocycles. The summed E-state index contributed by atoms with van der Waals surface area (Å²) in [6.45, 7) is 6.68. The number of nitrogens with zero attached hydrogens (tertiary/aromatic N) is 3. The lowest BCUT2D eigenvalue weighted by Crippen LogP contribution is -2.50. The van der Waals surface area contributed by atoms with E-state index in [0.29, 0.717) is 13.1 Å². The zero-order chi connectivity index (χ0) is 17.6. The van der Waals surface area contributed by atoms with Crippen LogP contribution in [0.25, 0.3) is 0 Å². The minimum atomic E-state index is -0.244. The van der Waals surface area contributed by atoms with E-state index in [1.165, 1.54) is 12.1 Å². The van der Waals surface area contributed by atoms with E-state index in [1.54, 1.807) is 24.5 Å². The van der Waals surface area contributed by atoms with E-state index >= 15 is 0 Å². The van der Waals surface area contributed by atoms with Gasteiger partial charge < -0.3 is 19.5 Å². The summed E-state index contributed by atoms with van der Waals surface area (Å²) in [6, 6.07) is 8.28. The number of rotatable bonds is 4. The van der Waals surface area contributed by atoms with Crippen molar-refractivity contribution in [2.75, 3.05) is 19.6 Å². The fourth-order valence-electron chi connectivity index (χ4n) is 2.89. The number of hydrogen-bond donors (Lipinski definition) is 1. The Balaban J connectivity index is 0.00000243. The Morgan fingerprint density at radius 3 is 2.73 bits per heavy atom. The summed E-state index contributed by atoms with van der Waals surface area (Å²) in [5.74, 6) is 0.569. The van der Waals surface area contributed by atoms with Crippen LogP contribution in [0.3, 0.4) is 0 Å². The van der Waals surface area contributed by atoms with Gasteiger partial charge in [0.15, 0.2) is 5.96 Å². The summed E-state index contributed by atoms with van der Waals surface area (Å²) in [6.07, 6.45) is 1.46. The molecule has 1 N–H and O–H groups in total. The van der Waals surface area contributed by atoms with E-state index < -0.39 is 0 Å². The van der Waals surface area contributed by atoms with Crippen molar-refractivity contribution in [3.63, 3.8) is 0 Å². The molecule has 1 aliphatic heterocycles. The Morgan fingerprint density at radius 2 is 2.08 bits per heavy atom. The highest BCUT2D eigenvalue weighted by Crippen LogP contribution is 2.25. The van der Waals surface area contributed by atoms with Gasteiger partial charge >= 0.3 is 0 Å². The van der Waals surface area contributed by atoms with Gasteiger partial charge in [-0.1, -0.05) is 17.3 Å². The summed E-state index contributed by atoms with van der Waals surface area (Å²) in [7, 11) is 0. The lowest BCUT2D eigenvalue weighted by molar-refractivity contribution is -0.0605. The van der Waals surface area contributed by atoms with Gasteiger partial charge in [-0.3, -0.25) is 0 Å². The molecule has 2 atom stereocenters. The highest BCUT2D eigenvalue weighted by Gasteiger charge is 2.28. The smallest absolute Gasteiger partial charge is 0.194 e. The van der Waals surface area contributed by atoms with Gasteiger partial charge in [0.1, 0.15) is 23.9 Å². The minimum absolute atomic E-state index is 0. The van der Waals surface area contributed by atoms with Crippen LogP contribution >= 0.6 is 24.0 Å². The third kappa shape index (κ3) is 5.41. The minimum Gasteiger partial charge on any atom is -0.367 e. The third-order valence-electron chi connectivity index (χ3n) is 4.02. The number of aromatic nitrogens is 1. The molecule has 8 heteroatoms. The number of morpholine rings is 1. The van der Waals surface area contributed by atoms with Crippen molar-refractivity contribution in [2.45, 2.75) is 32.6 Å². The van der Waals surface area contributed by atoms with Crippen LogP contribution in [0, 0.1) is 5.82 Å². The summed E-state index contributed by atoms with van der Waals surface area (Å²) >= 11 is 0. The van der Waals surface area contributed by atoms with Gasteiger partial charge in [0.25, 0.3) is 0 Å². The molecule has 1 aromatic carbocycles. The molecule has 0 radical (unpaired) electrons. The molecule has 6 nitrogen and oxygen atoms in total. The highest BCUT2D eigenvalue weighted by atomic mass is 127.